The van der Waals surface area contributed by atoms with Gasteiger partial charge in [0.05, 0.1) is 17.0 Å². The van der Waals surface area contributed by atoms with Gasteiger partial charge in [0.1, 0.15) is 5.69 Å². The number of nitrogens with zero attached hydrogens (tertiary/aromatic N) is 2. The van der Waals surface area contributed by atoms with E-state index in [1.54, 1.807) is 22.6 Å². The molecular formula is C14H21ClN2OS. The van der Waals surface area contributed by atoms with E-state index in [0.717, 1.165) is 0 Å². The van der Waals surface area contributed by atoms with Gasteiger partial charge < -0.3 is 0 Å². The van der Waals surface area contributed by atoms with E-state index in [9.17, 15) is 4.79 Å². The molecule has 0 saturated heterocycles. The van der Waals surface area contributed by atoms with Gasteiger partial charge in [-0.15, -0.1) is 0 Å². The molecule has 0 aromatic carbocycles. The zero-order valence-corrected chi connectivity index (χ0v) is 13.1. The molecule has 1 heterocycles. The SMILES string of the molecule is CC(C)n1ncc(Cl)c1C(=O)CSC1CCCCC1. The minimum Gasteiger partial charge on any atom is -0.291 e. The van der Waals surface area contributed by atoms with E-state index in [-0.39, 0.29) is 11.8 Å². The lowest BCUT2D eigenvalue weighted by Gasteiger charge is -2.20. The van der Waals surface area contributed by atoms with Gasteiger partial charge in [0.25, 0.3) is 0 Å². The average Bonchev–Trinajstić information content (AvgIpc) is 2.79. The summed E-state index contributed by atoms with van der Waals surface area (Å²) in [6.45, 7) is 4.02. The largest absolute Gasteiger partial charge is 0.291 e. The molecule has 19 heavy (non-hydrogen) atoms. The van der Waals surface area contributed by atoms with Gasteiger partial charge in [-0.3, -0.25) is 9.48 Å². The van der Waals surface area contributed by atoms with Crippen LogP contribution in [0.3, 0.4) is 0 Å². The standard InChI is InChI=1S/C14H21ClN2OS/c1-10(2)17-14(12(15)8-16-17)13(18)9-19-11-6-4-3-5-7-11/h8,10-11H,3-7,9H2,1-2H3. The second kappa shape index (κ2) is 6.80. The maximum Gasteiger partial charge on any atom is 0.192 e. The van der Waals surface area contributed by atoms with E-state index in [0.29, 0.717) is 21.7 Å². The number of ketones is 1. The molecule has 106 valence electrons. The highest BCUT2D eigenvalue weighted by molar-refractivity contribution is 8.00. The summed E-state index contributed by atoms with van der Waals surface area (Å²) >= 11 is 7.88. The molecule has 1 aromatic heterocycles. The van der Waals surface area contributed by atoms with Crippen molar-refractivity contribution in [3.05, 3.63) is 16.9 Å². The third-order valence-electron chi connectivity index (χ3n) is 3.51. The molecule has 1 fully saturated rings. The van der Waals surface area contributed by atoms with Gasteiger partial charge in [0, 0.05) is 11.3 Å². The van der Waals surface area contributed by atoms with Gasteiger partial charge in [0.2, 0.25) is 0 Å². The van der Waals surface area contributed by atoms with Crippen LogP contribution in [0.25, 0.3) is 0 Å². The number of carbonyl (C=O) groups is 1. The minimum atomic E-state index is 0.103. The molecular weight excluding hydrogens is 280 g/mol. The average molecular weight is 301 g/mol. The van der Waals surface area contributed by atoms with Gasteiger partial charge in [-0.2, -0.15) is 16.9 Å². The molecule has 0 N–H and O–H groups in total. The fraction of sp³-hybridized carbons (Fsp3) is 0.714. The van der Waals surface area contributed by atoms with E-state index in [1.165, 1.54) is 32.1 Å². The fourth-order valence-electron chi connectivity index (χ4n) is 2.49. The van der Waals surface area contributed by atoms with Crippen LogP contribution in [-0.2, 0) is 0 Å². The fourth-order valence-corrected chi connectivity index (χ4v) is 3.91. The van der Waals surface area contributed by atoms with Crippen molar-refractivity contribution < 1.29 is 4.79 Å². The first-order chi connectivity index (χ1) is 9.09. The predicted octanol–water partition coefficient (Wildman–Crippen LogP) is 4.37. The van der Waals surface area contributed by atoms with E-state index in [2.05, 4.69) is 5.10 Å². The Morgan fingerprint density at radius 2 is 2.16 bits per heavy atom. The second-order valence-electron chi connectivity index (χ2n) is 5.37. The number of hydrogen-bond donors (Lipinski definition) is 0. The molecule has 0 bridgehead atoms. The van der Waals surface area contributed by atoms with Crippen molar-refractivity contribution in [2.24, 2.45) is 0 Å². The van der Waals surface area contributed by atoms with Crippen LogP contribution in [-0.4, -0.2) is 26.6 Å². The molecule has 0 aliphatic heterocycles. The van der Waals surface area contributed by atoms with Crippen LogP contribution in [0, 0.1) is 0 Å². The molecule has 5 heteroatoms. The van der Waals surface area contributed by atoms with Gasteiger partial charge >= 0.3 is 0 Å². The minimum absolute atomic E-state index is 0.103. The van der Waals surface area contributed by atoms with Crippen molar-refractivity contribution in [1.82, 2.24) is 9.78 Å². The van der Waals surface area contributed by atoms with Crippen molar-refractivity contribution in [3.63, 3.8) is 0 Å². The maximum atomic E-state index is 12.3. The lowest BCUT2D eigenvalue weighted by atomic mass is 10.0. The molecule has 0 unspecified atom stereocenters. The van der Waals surface area contributed by atoms with Crippen LogP contribution >= 0.6 is 23.4 Å². The Morgan fingerprint density at radius 1 is 1.47 bits per heavy atom. The van der Waals surface area contributed by atoms with E-state index in [1.807, 2.05) is 13.8 Å². The van der Waals surface area contributed by atoms with E-state index >= 15 is 0 Å². The number of halogens is 1. The first-order valence-electron chi connectivity index (χ1n) is 6.97. The van der Waals surface area contributed by atoms with Crippen molar-refractivity contribution in [2.75, 3.05) is 5.75 Å². The van der Waals surface area contributed by atoms with Crippen LogP contribution in [0.2, 0.25) is 5.02 Å². The summed E-state index contributed by atoms with van der Waals surface area (Å²) in [5.74, 6) is 0.620. The van der Waals surface area contributed by atoms with Crippen LogP contribution in [0.5, 0.6) is 0 Å². The monoisotopic (exact) mass is 300 g/mol. The normalized spacial score (nSPS) is 17.1. The Hall–Kier alpha value is -0.480. The first kappa shape index (κ1) is 14.9. The summed E-state index contributed by atoms with van der Waals surface area (Å²) in [7, 11) is 0. The smallest absolute Gasteiger partial charge is 0.192 e. The predicted molar refractivity (Wildman–Crippen MR) is 81.3 cm³/mol. The Balaban J connectivity index is 1.97. The summed E-state index contributed by atoms with van der Waals surface area (Å²) in [4.78, 5) is 12.3. The molecule has 3 nitrogen and oxygen atoms in total. The number of hydrogen-bond acceptors (Lipinski definition) is 3. The highest BCUT2D eigenvalue weighted by Gasteiger charge is 2.21. The number of carbonyl (C=O) groups excluding carboxylic acids is 1. The van der Waals surface area contributed by atoms with Gasteiger partial charge in [-0.1, -0.05) is 30.9 Å². The third-order valence-corrected chi connectivity index (χ3v) is 5.15. The lowest BCUT2D eigenvalue weighted by Crippen LogP contribution is -2.17. The molecule has 1 aliphatic rings. The Labute approximate surface area is 124 Å². The third kappa shape index (κ3) is 3.76. The Morgan fingerprint density at radius 3 is 2.79 bits per heavy atom. The van der Waals surface area contributed by atoms with Crippen LogP contribution < -0.4 is 0 Å². The molecule has 0 spiro atoms. The summed E-state index contributed by atoms with van der Waals surface area (Å²) in [5.41, 5.74) is 0.569. The highest BCUT2D eigenvalue weighted by Crippen LogP contribution is 2.29. The quantitative estimate of drug-likeness (QED) is 0.758. The topological polar surface area (TPSA) is 34.9 Å². The van der Waals surface area contributed by atoms with Crippen molar-refractivity contribution in [1.29, 1.82) is 0 Å². The van der Waals surface area contributed by atoms with E-state index in [4.69, 9.17) is 11.6 Å². The second-order valence-corrected chi connectivity index (χ2v) is 7.07. The summed E-state index contributed by atoms with van der Waals surface area (Å²) in [5, 5.41) is 5.31. The first-order valence-corrected chi connectivity index (χ1v) is 8.40. The number of aromatic nitrogens is 2. The molecule has 0 atom stereocenters. The number of thioether (sulfide) groups is 1. The molecule has 2 rings (SSSR count). The number of Topliss-reactive ketones (excluding diaryl/α,β-unsaturated/α-hetero) is 1. The zero-order valence-electron chi connectivity index (χ0n) is 11.6. The van der Waals surface area contributed by atoms with Gasteiger partial charge in [-0.25, -0.2) is 0 Å². The molecule has 0 radical (unpaired) electrons. The summed E-state index contributed by atoms with van der Waals surface area (Å²) in [6, 6.07) is 0.158. The molecule has 0 amide bonds. The van der Waals surface area contributed by atoms with Crippen molar-refractivity contribution >= 4 is 29.1 Å². The van der Waals surface area contributed by atoms with Gasteiger partial charge in [0.15, 0.2) is 5.78 Å². The zero-order chi connectivity index (χ0) is 13.8. The van der Waals surface area contributed by atoms with Crippen LogP contribution in [0.1, 0.15) is 62.5 Å². The van der Waals surface area contributed by atoms with Crippen molar-refractivity contribution in [2.45, 2.75) is 57.2 Å². The number of rotatable bonds is 5. The lowest BCUT2D eigenvalue weighted by molar-refractivity contribution is 0.101. The van der Waals surface area contributed by atoms with Gasteiger partial charge in [-0.05, 0) is 26.7 Å². The highest BCUT2D eigenvalue weighted by atomic mass is 35.5. The van der Waals surface area contributed by atoms with E-state index < -0.39 is 0 Å². The summed E-state index contributed by atoms with van der Waals surface area (Å²) < 4.78 is 1.73. The Bertz CT molecular complexity index is 439. The van der Waals surface area contributed by atoms with Crippen molar-refractivity contribution in [3.8, 4) is 0 Å². The molecule has 1 aliphatic carbocycles. The molecule has 1 aromatic rings. The maximum absolute atomic E-state index is 12.3. The molecule has 1 saturated carbocycles. The Kier molecular flexibility index (Phi) is 5.34. The summed E-state index contributed by atoms with van der Waals surface area (Å²) in [6.07, 6.45) is 8.01. The van der Waals surface area contributed by atoms with Crippen LogP contribution in [0.15, 0.2) is 6.20 Å². The van der Waals surface area contributed by atoms with Crippen LogP contribution in [0.4, 0.5) is 0 Å².